The van der Waals surface area contributed by atoms with Crippen LogP contribution in [0.2, 0.25) is 0 Å². The molecule has 0 saturated heterocycles. The second kappa shape index (κ2) is 10.9. The predicted octanol–water partition coefficient (Wildman–Crippen LogP) is 2.98. The summed E-state index contributed by atoms with van der Waals surface area (Å²) in [5.74, 6) is 0.548. The van der Waals surface area contributed by atoms with Crippen molar-refractivity contribution in [3.63, 3.8) is 0 Å². The van der Waals surface area contributed by atoms with Gasteiger partial charge in [-0.15, -0.1) is 0 Å². The van der Waals surface area contributed by atoms with Gasteiger partial charge in [-0.25, -0.2) is 4.79 Å². The lowest BCUT2D eigenvalue weighted by Crippen LogP contribution is -2.47. The van der Waals surface area contributed by atoms with E-state index in [0.29, 0.717) is 41.2 Å². The number of benzene rings is 1. The third kappa shape index (κ3) is 5.85. The molecule has 2 heterocycles. The van der Waals surface area contributed by atoms with Crippen LogP contribution in [-0.4, -0.2) is 53.4 Å². The average molecular weight is 441 g/mol. The molecule has 1 aromatic heterocycles. The van der Waals surface area contributed by atoms with Gasteiger partial charge >= 0.3 is 6.09 Å². The second-order valence-corrected chi connectivity index (χ2v) is 7.93. The van der Waals surface area contributed by atoms with Gasteiger partial charge in [0, 0.05) is 12.1 Å². The lowest BCUT2D eigenvalue weighted by Gasteiger charge is -2.31. The summed E-state index contributed by atoms with van der Waals surface area (Å²) in [5, 5.41) is 18.6. The number of hydrogen-bond donors (Lipinski definition) is 2. The van der Waals surface area contributed by atoms with E-state index in [1.807, 2.05) is 13.0 Å². The monoisotopic (exact) mass is 440 g/mol. The van der Waals surface area contributed by atoms with E-state index in [-0.39, 0.29) is 18.6 Å². The quantitative estimate of drug-likeness (QED) is 0.688. The molecule has 10 heteroatoms. The van der Waals surface area contributed by atoms with Crippen molar-refractivity contribution >= 4 is 24.1 Å². The largest absolute Gasteiger partial charge is 0.453 e. The highest BCUT2D eigenvalue weighted by molar-refractivity contribution is 5.95. The molecule has 3 rings (SSSR count). The van der Waals surface area contributed by atoms with E-state index in [2.05, 4.69) is 41.2 Å². The van der Waals surface area contributed by atoms with Crippen molar-refractivity contribution in [1.29, 1.82) is 5.26 Å². The molecule has 10 nitrogen and oxygen atoms in total. The van der Waals surface area contributed by atoms with Crippen LogP contribution in [0.4, 0.5) is 10.5 Å². The number of nitriles is 1. The summed E-state index contributed by atoms with van der Waals surface area (Å²) in [6, 6.07) is 8.34. The van der Waals surface area contributed by atoms with E-state index in [9.17, 15) is 14.4 Å². The number of methoxy groups -OCH3 is 1. The zero-order chi connectivity index (χ0) is 23.8. The number of nitrogens with zero attached hydrogens (tertiary/aromatic N) is 4. The number of alkyl carbamates (subject to hydrolysis) is 1. The van der Waals surface area contributed by atoms with Gasteiger partial charge in [-0.2, -0.15) is 10.4 Å². The van der Waals surface area contributed by atoms with Crippen LogP contribution >= 0.6 is 0 Å². The Morgan fingerprint density at radius 1 is 1.38 bits per heavy atom. The number of hydrogen-bond acceptors (Lipinski definition) is 6. The first-order valence-corrected chi connectivity index (χ1v) is 10.2. The van der Waals surface area contributed by atoms with Crippen molar-refractivity contribution in [3.8, 4) is 17.3 Å². The topological polar surface area (TPSA) is 129 Å². The number of carbonyl (C=O) groups excluding carboxylic acids is 3. The fourth-order valence-corrected chi connectivity index (χ4v) is 3.05. The number of amides is 3. The fraction of sp³-hybridized carbons (Fsp3) is 0.409. The van der Waals surface area contributed by atoms with Gasteiger partial charge in [0.2, 0.25) is 6.41 Å². The molecule has 32 heavy (non-hydrogen) atoms. The maximum atomic E-state index is 12.8. The predicted molar refractivity (Wildman–Crippen MR) is 119 cm³/mol. The summed E-state index contributed by atoms with van der Waals surface area (Å²) in [6.07, 6.45) is -0.105. The molecule has 1 atom stereocenters. The molecular formula is C22H28N6O4. The smallest absolute Gasteiger partial charge is 0.408 e. The summed E-state index contributed by atoms with van der Waals surface area (Å²) < 4.78 is 6.15. The molecule has 0 saturated carbocycles. The van der Waals surface area contributed by atoms with E-state index in [1.54, 1.807) is 28.9 Å². The summed E-state index contributed by atoms with van der Waals surface area (Å²) in [4.78, 5) is 36.5. The Hall–Kier alpha value is -3.87. The highest BCUT2D eigenvalue weighted by Gasteiger charge is 2.31. The standard InChI is InChI=1S/C18H18N6O4.C4H10/c1-11-8-23(9-20-18(27)28-2)17(26)16-6-15(22-24(11)16)13-4-3-12(7-19)5-14(13)21-10-25;1-4(2)3/h3-6,10-11H,8-9H2,1-2H3,(H,20,27)(H,21,25);4H,1-3H3. The normalized spacial score (nSPS) is 14.6. The number of fused-ring (bicyclic) bond motifs is 1. The number of anilines is 1. The Labute approximate surface area is 187 Å². The van der Waals surface area contributed by atoms with Gasteiger partial charge in [0.1, 0.15) is 5.69 Å². The van der Waals surface area contributed by atoms with Gasteiger partial charge in [0.25, 0.3) is 5.91 Å². The number of rotatable bonds is 5. The second-order valence-electron chi connectivity index (χ2n) is 7.93. The maximum absolute atomic E-state index is 12.8. The van der Waals surface area contributed by atoms with E-state index in [4.69, 9.17) is 5.26 Å². The zero-order valence-corrected chi connectivity index (χ0v) is 18.9. The molecule has 3 amide bonds. The Morgan fingerprint density at radius 3 is 2.66 bits per heavy atom. The fourth-order valence-electron chi connectivity index (χ4n) is 3.05. The zero-order valence-electron chi connectivity index (χ0n) is 18.9. The third-order valence-electron chi connectivity index (χ3n) is 4.38. The van der Waals surface area contributed by atoms with E-state index < -0.39 is 6.09 Å². The van der Waals surface area contributed by atoms with Crippen LogP contribution in [0.25, 0.3) is 11.3 Å². The molecule has 1 aromatic carbocycles. The lowest BCUT2D eigenvalue weighted by molar-refractivity contribution is -0.105. The number of ether oxygens (including phenoxy) is 1. The van der Waals surface area contributed by atoms with Crippen molar-refractivity contribution in [1.82, 2.24) is 20.0 Å². The van der Waals surface area contributed by atoms with Gasteiger partial charge in [-0.05, 0) is 37.1 Å². The molecule has 170 valence electrons. The van der Waals surface area contributed by atoms with E-state index >= 15 is 0 Å². The minimum Gasteiger partial charge on any atom is -0.453 e. The van der Waals surface area contributed by atoms with Crippen molar-refractivity contribution in [3.05, 3.63) is 35.5 Å². The molecule has 0 bridgehead atoms. The van der Waals surface area contributed by atoms with Crippen LogP contribution in [-0.2, 0) is 9.53 Å². The maximum Gasteiger partial charge on any atom is 0.408 e. The summed E-state index contributed by atoms with van der Waals surface area (Å²) in [7, 11) is 1.25. The molecule has 0 radical (unpaired) electrons. The third-order valence-corrected chi connectivity index (χ3v) is 4.38. The first kappa shape index (κ1) is 24.4. The van der Waals surface area contributed by atoms with Gasteiger partial charge in [-0.1, -0.05) is 20.8 Å². The SMILES string of the molecule is CC(C)C.COC(=O)NCN1CC(C)n2nc(-c3ccc(C#N)cc3NC=O)cc2C1=O. The lowest BCUT2D eigenvalue weighted by atomic mass is 10.1. The van der Waals surface area contributed by atoms with Crippen LogP contribution in [0.1, 0.15) is 49.8 Å². The van der Waals surface area contributed by atoms with Crippen LogP contribution < -0.4 is 10.6 Å². The van der Waals surface area contributed by atoms with E-state index in [1.165, 1.54) is 12.0 Å². The summed E-state index contributed by atoms with van der Waals surface area (Å²) in [5.41, 5.74) is 2.26. The minimum atomic E-state index is -0.623. The highest BCUT2D eigenvalue weighted by atomic mass is 16.5. The Bertz CT molecular complexity index is 1020. The summed E-state index contributed by atoms with van der Waals surface area (Å²) >= 11 is 0. The van der Waals surface area contributed by atoms with Crippen LogP contribution in [0.15, 0.2) is 24.3 Å². The highest BCUT2D eigenvalue weighted by Crippen LogP contribution is 2.31. The molecule has 1 aliphatic rings. The first-order valence-electron chi connectivity index (χ1n) is 10.2. The molecule has 2 aromatic rings. The number of nitrogens with one attached hydrogen (secondary N) is 2. The van der Waals surface area contributed by atoms with Crippen LogP contribution in [0.3, 0.4) is 0 Å². The van der Waals surface area contributed by atoms with Gasteiger partial charge < -0.3 is 20.3 Å². The van der Waals surface area contributed by atoms with Gasteiger partial charge in [-0.3, -0.25) is 14.3 Å². The molecule has 0 aliphatic carbocycles. The van der Waals surface area contributed by atoms with Gasteiger partial charge in [0.05, 0.1) is 42.8 Å². The molecule has 2 N–H and O–H groups in total. The van der Waals surface area contributed by atoms with Crippen molar-refractivity contribution in [2.24, 2.45) is 5.92 Å². The molecular weight excluding hydrogens is 412 g/mol. The van der Waals surface area contributed by atoms with Crippen molar-refractivity contribution in [2.45, 2.75) is 33.7 Å². The number of carbonyl (C=O) groups is 3. The van der Waals surface area contributed by atoms with E-state index in [0.717, 1.165) is 5.92 Å². The Balaban J connectivity index is 0.000000837. The number of aromatic nitrogens is 2. The van der Waals surface area contributed by atoms with Crippen LogP contribution in [0, 0.1) is 17.2 Å². The Morgan fingerprint density at radius 2 is 2.06 bits per heavy atom. The average Bonchev–Trinajstić information content (AvgIpc) is 3.21. The molecule has 1 unspecified atom stereocenters. The van der Waals surface area contributed by atoms with Gasteiger partial charge in [0.15, 0.2) is 0 Å². The summed E-state index contributed by atoms with van der Waals surface area (Å²) in [6.45, 7) is 8.79. The van der Waals surface area contributed by atoms with Crippen molar-refractivity contribution < 1.29 is 19.1 Å². The van der Waals surface area contributed by atoms with Crippen molar-refractivity contribution in [2.75, 3.05) is 25.6 Å². The first-order chi connectivity index (χ1) is 15.2. The minimum absolute atomic E-state index is 0.0190. The Kier molecular flexibility index (Phi) is 8.35. The molecule has 1 aliphatic heterocycles. The molecule has 0 fully saturated rings. The van der Waals surface area contributed by atoms with Crippen LogP contribution in [0.5, 0.6) is 0 Å². The molecule has 0 spiro atoms.